The monoisotopic (exact) mass is 405 g/mol. The summed E-state index contributed by atoms with van der Waals surface area (Å²) in [6, 6.07) is 13.0. The van der Waals surface area contributed by atoms with E-state index < -0.39 is 9.84 Å². The second kappa shape index (κ2) is 6.25. The summed E-state index contributed by atoms with van der Waals surface area (Å²) in [5.41, 5.74) is 3.62. The zero-order chi connectivity index (χ0) is 20.2. The highest BCUT2D eigenvalue weighted by molar-refractivity contribution is 7.91. The predicted molar refractivity (Wildman–Crippen MR) is 106 cm³/mol. The number of aromatic nitrogens is 3. The largest absolute Gasteiger partial charge is 0.441 e. The molecule has 144 valence electrons. The number of nitrogens with zero attached hydrogens (tertiary/aromatic N) is 3. The van der Waals surface area contributed by atoms with Crippen LogP contribution in [-0.4, -0.2) is 23.4 Å². The zero-order valence-corrected chi connectivity index (χ0v) is 16.4. The van der Waals surface area contributed by atoms with Crippen LogP contribution in [-0.2, 0) is 9.84 Å². The van der Waals surface area contributed by atoms with Gasteiger partial charge in [0.1, 0.15) is 11.0 Å². The minimum atomic E-state index is -3.75. The van der Waals surface area contributed by atoms with Gasteiger partial charge in [-0.3, -0.25) is 4.98 Å². The van der Waals surface area contributed by atoms with E-state index in [1.165, 1.54) is 24.3 Å². The minimum Gasteiger partial charge on any atom is -0.441 e. The number of rotatable bonds is 3. The molecule has 5 aromatic rings. The van der Waals surface area contributed by atoms with Crippen LogP contribution in [0.15, 0.2) is 73.4 Å². The van der Waals surface area contributed by atoms with Gasteiger partial charge in [-0.05, 0) is 55.5 Å². The van der Waals surface area contributed by atoms with E-state index in [2.05, 4.69) is 15.0 Å². The maximum absolute atomic E-state index is 13.1. The van der Waals surface area contributed by atoms with Crippen LogP contribution in [0.4, 0.5) is 0 Å². The standard InChI is InChI=1S/C21H15N3O4S/c1-12-3-4-14(11-22-12)21-24-18-10-16(6-8-20(18)28-21)29(25,26)15-5-7-19-17(9-15)23-13(2)27-19/h3-11H,1-2H3. The van der Waals surface area contributed by atoms with Crippen molar-refractivity contribution in [3.63, 3.8) is 0 Å². The molecule has 5 rings (SSSR count). The van der Waals surface area contributed by atoms with Gasteiger partial charge in [0.05, 0.1) is 15.4 Å². The Morgan fingerprint density at radius 2 is 1.45 bits per heavy atom. The molecular formula is C21H15N3O4S. The summed E-state index contributed by atoms with van der Waals surface area (Å²) in [5, 5.41) is 0. The van der Waals surface area contributed by atoms with Crippen molar-refractivity contribution in [1.29, 1.82) is 0 Å². The summed E-state index contributed by atoms with van der Waals surface area (Å²) in [5.74, 6) is 0.873. The molecular weight excluding hydrogens is 390 g/mol. The molecule has 0 aliphatic carbocycles. The van der Waals surface area contributed by atoms with Crippen molar-refractivity contribution in [3.8, 4) is 11.5 Å². The first-order valence-corrected chi connectivity index (χ1v) is 10.3. The van der Waals surface area contributed by atoms with E-state index in [9.17, 15) is 8.42 Å². The molecule has 0 radical (unpaired) electrons. The molecule has 0 saturated carbocycles. The second-order valence-corrected chi connectivity index (χ2v) is 8.65. The molecule has 3 aromatic heterocycles. The minimum absolute atomic E-state index is 0.131. The van der Waals surface area contributed by atoms with Crippen molar-refractivity contribution in [1.82, 2.24) is 15.0 Å². The SMILES string of the molecule is Cc1ccc(-c2nc3cc(S(=O)(=O)c4ccc5oc(C)nc5c4)ccc3o2)cn1. The van der Waals surface area contributed by atoms with Gasteiger partial charge >= 0.3 is 0 Å². The lowest BCUT2D eigenvalue weighted by Crippen LogP contribution is -2.01. The van der Waals surface area contributed by atoms with Crippen LogP contribution in [0.1, 0.15) is 11.6 Å². The number of aryl methyl sites for hydroxylation is 2. The van der Waals surface area contributed by atoms with Crippen LogP contribution in [0, 0.1) is 13.8 Å². The molecule has 0 fully saturated rings. The van der Waals surface area contributed by atoms with Crippen LogP contribution in [0.3, 0.4) is 0 Å². The summed E-state index contributed by atoms with van der Waals surface area (Å²) in [6.07, 6.45) is 1.67. The highest BCUT2D eigenvalue weighted by atomic mass is 32.2. The first kappa shape index (κ1) is 17.6. The van der Waals surface area contributed by atoms with E-state index in [0.717, 1.165) is 11.3 Å². The Kier molecular flexibility index (Phi) is 3.78. The molecule has 0 atom stereocenters. The van der Waals surface area contributed by atoms with E-state index in [1.54, 1.807) is 25.3 Å². The lowest BCUT2D eigenvalue weighted by Gasteiger charge is -2.04. The van der Waals surface area contributed by atoms with Gasteiger partial charge in [0, 0.05) is 18.8 Å². The Balaban J connectivity index is 1.58. The fourth-order valence-electron chi connectivity index (χ4n) is 3.12. The maximum Gasteiger partial charge on any atom is 0.228 e. The van der Waals surface area contributed by atoms with Crippen molar-refractivity contribution in [2.45, 2.75) is 23.6 Å². The fourth-order valence-corrected chi connectivity index (χ4v) is 4.42. The average molecular weight is 405 g/mol. The predicted octanol–water partition coefficient (Wildman–Crippen LogP) is 4.48. The van der Waals surface area contributed by atoms with Crippen LogP contribution in [0.5, 0.6) is 0 Å². The van der Waals surface area contributed by atoms with Gasteiger partial charge in [0.2, 0.25) is 15.7 Å². The summed E-state index contributed by atoms with van der Waals surface area (Å²) in [7, 11) is -3.75. The topological polar surface area (TPSA) is 99.1 Å². The molecule has 0 N–H and O–H groups in total. The smallest absolute Gasteiger partial charge is 0.228 e. The number of fused-ring (bicyclic) bond motifs is 2. The second-order valence-electron chi connectivity index (χ2n) is 6.70. The average Bonchev–Trinajstić information content (AvgIpc) is 3.29. The van der Waals surface area contributed by atoms with Crippen molar-refractivity contribution < 1.29 is 17.3 Å². The van der Waals surface area contributed by atoms with E-state index in [0.29, 0.717) is 34.0 Å². The van der Waals surface area contributed by atoms with Gasteiger partial charge in [-0.2, -0.15) is 0 Å². The number of oxazole rings is 2. The first-order valence-electron chi connectivity index (χ1n) is 8.86. The summed E-state index contributed by atoms with van der Waals surface area (Å²) < 4.78 is 37.4. The number of hydrogen-bond acceptors (Lipinski definition) is 7. The zero-order valence-electron chi connectivity index (χ0n) is 15.6. The van der Waals surface area contributed by atoms with Crippen molar-refractivity contribution >= 4 is 32.0 Å². The highest BCUT2D eigenvalue weighted by Gasteiger charge is 2.21. The van der Waals surface area contributed by atoms with Gasteiger partial charge in [-0.1, -0.05) is 0 Å². The third kappa shape index (κ3) is 2.98. The maximum atomic E-state index is 13.1. The molecule has 0 spiro atoms. The lowest BCUT2D eigenvalue weighted by molar-refractivity contribution is 0.561. The van der Waals surface area contributed by atoms with Crippen molar-refractivity contribution in [2.75, 3.05) is 0 Å². The van der Waals surface area contributed by atoms with Crippen LogP contribution in [0.25, 0.3) is 33.7 Å². The molecule has 0 saturated heterocycles. The van der Waals surface area contributed by atoms with Crippen LogP contribution >= 0.6 is 0 Å². The number of benzene rings is 2. The molecule has 2 aromatic carbocycles. The number of sulfone groups is 1. The third-order valence-corrected chi connectivity index (χ3v) is 6.35. The molecule has 7 nitrogen and oxygen atoms in total. The molecule has 0 unspecified atom stereocenters. The summed E-state index contributed by atoms with van der Waals surface area (Å²) in [6.45, 7) is 3.61. The Bertz CT molecular complexity index is 1480. The van der Waals surface area contributed by atoms with Crippen LogP contribution in [0.2, 0.25) is 0 Å². The molecule has 0 amide bonds. The molecule has 8 heteroatoms. The fraction of sp³-hybridized carbons (Fsp3) is 0.0952. The van der Waals surface area contributed by atoms with Crippen molar-refractivity contribution in [2.24, 2.45) is 0 Å². The Hall–Kier alpha value is -3.52. The number of hydrogen-bond donors (Lipinski definition) is 0. The van der Waals surface area contributed by atoms with Gasteiger partial charge in [0.25, 0.3) is 0 Å². The molecule has 29 heavy (non-hydrogen) atoms. The third-order valence-electron chi connectivity index (χ3n) is 4.60. The molecule has 3 heterocycles. The first-order chi connectivity index (χ1) is 13.9. The van der Waals surface area contributed by atoms with E-state index in [1.807, 2.05) is 19.1 Å². The number of pyridine rings is 1. The van der Waals surface area contributed by atoms with Gasteiger partial charge in [-0.15, -0.1) is 0 Å². The summed E-state index contributed by atoms with van der Waals surface area (Å²) in [4.78, 5) is 13.2. The molecule has 0 aliphatic rings. The Morgan fingerprint density at radius 3 is 2.10 bits per heavy atom. The van der Waals surface area contributed by atoms with Crippen LogP contribution < -0.4 is 0 Å². The van der Waals surface area contributed by atoms with E-state index in [4.69, 9.17) is 8.83 Å². The van der Waals surface area contributed by atoms with Gasteiger partial charge in [0.15, 0.2) is 17.1 Å². The molecule has 0 bridgehead atoms. The van der Waals surface area contributed by atoms with E-state index >= 15 is 0 Å². The van der Waals surface area contributed by atoms with Gasteiger partial charge in [-0.25, -0.2) is 18.4 Å². The summed E-state index contributed by atoms with van der Waals surface area (Å²) >= 11 is 0. The Labute approximate surface area is 166 Å². The van der Waals surface area contributed by atoms with Gasteiger partial charge < -0.3 is 8.83 Å². The Morgan fingerprint density at radius 1 is 0.793 bits per heavy atom. The van der Waals surface area contributed by atoms with Crippen molar-refractivity contribution in [3.05, 3.63) is 66.3 Å². The normalized spacial score (nSPS) is 12.1. The lowest BCUT2D eigenvalue weighted by atomic mass is 10.2. The quantitative estimate of drug-likeness (QED) is 0.436. The molecule has 0 aliphatic heterocycles. The van der Waals surface area contributed by atoms with E-state index in [-0.39, 0.29) is 9.79 Å². The highest BCUT2D eigenvalue weighted by Crippen LogP contribution is 2.29.